The van der Waals surface area contributed by atoms with Gasteiger partial charge in [0.15, 0.2) is 5.78 Å². The Balaban J connectivity index is 1.75. The predicted molar refractivity (Wildman–Crippen MR) is 68.7 cm³/mol. The molecule has 0 saturated carbocycles. The molecule has 4 heteroatoms. The molecule has 92 valence electrons. The van der Waals surface area contributed by atoms with E-state index in [9.17, 15) is 4.79 Å². The van der Waals surface area contributed by atoms with Crippen molar-refractivity contribution in [3.05, 3.63) is 29.8 Å². The third kappa shape index (κ3) is 3.75. The average Bonchev–Trinajstić information content (AvgIpc) is 2.83. The maximum Gasteiger partial charge on any atom is 0.172 e. The molecule has 1 fully saturated rings. The van der Waals surface area contributed by atoms with E-state index in [1.807, 2.05) is 0 Å². The summed E-state index contributed by atoms with van der Waals surface area (Å²) in [5.41, 5.74) is 0.655. The number of hydrogen-bond donors (Lipinski definition) is 1. The number of thioether (sulfide) groups is 1. The highest BCUT2D eigenvalue weighted by molar-refractivity contribution is 8.00. The molecular weight excluding hydrogens is 236 g/mol. The van der Waals surface area contributed by atoms with E-state index in [0.717, 1.165) is 25.2 Å². The maximum atomic E-state index is 11.8. The van der Waals surface area contributed by atoms with Crippen molar-refractivity contribution in [1.29, 1.82) is 0 Å². The topological polar surface area (TPSA) is 46.5 Å². The highest BCUT2D eigenvalue weighted by Gasteiger charge is 2.16. The zero-order chi connectivity index (χ0) is 12.1. The number of hydrogen-bond acceptors (Lipinski definition) is 4. The van der Waals surface area contributed by atoms with Gasteiger partial charge in [-0.2, -0.15) is 11.8 Å². The van der Waals surface area contributed by atoms with Crippen LogP contribution in [0.25, 0.3) is 0 Å². The van der Waals surface area contributed by atoms with Gasteiger partial charge in [-0.15, -0.1) is 0 Å². The fourth-order valence-electron chi connectivity index (χ4n) is 1.79. The van der Waals surface area contributed by atoms with E-state index >= 15 is 0 Å². The minimum Gasteiger partial charge on any atom is -0.508 e. The van der Waals surface area contributed by atoms with Gasteiger partial charge in [-0.3, -0.25) is 4.79 Å². The van der Waals surface area contributed by atoms with Crippen molar-refractivity contribution in [2.24, 2.45) is 0 Å². The smallest absolute Gasteiger partial charge is 0.172 e. The Bertz CT molecular complexity index is 369. The van der Waals surface area contributed by atoms with E-state index in [0.29, 0.717) is 17.4 Å². The van der Waals surface area contributed by atoms with Gasteiger partial charge in [-0.25, -0.2) is 0 Å². The Labute approximate surface area is 105 Å². The summed E-state index contributed by atoms with van der Waals surface area (Å²) in [6.45, 7) is 0.858. The van der Waals surface area contributed by atoms with E-state index < -0.39 is 0 Å². The first kappa shape index (κ1) is 12.5. The Morgan fingerprint density at radius 1 is 1.41 bits per heavy atom. The summed E-state index contributed by atoms with van der Waals surface area (Å²) in [6.07, 6.45) is 2.57. The normalized spacial score (nSPS) is 19.4. The molecule has 0 amide bonds. The van der Waals surface area contributed by atoms with E-state index in [1.165, 1.54) is 12.1 Å². The summed E-state index contributed by atoms with van der Waals surface area (Å²) in [5.74, 6) is 1.66. The summed E-state index contributed by atoms with van der Waals surface area (Å²) < 4.78 is 5.49. The molecule has 0 bridgehead atoms. The first-order valence-corrected chi connectivity index (χ1v) is 6.93. The van der Waals surface area contributed by atoms with Gasteiger partial charge in [0.2, 0.25) is 0 Å². The number of ketones is 1. The molecular formula is C13H16O3S. The molecule has 1 aromatic carbocycles. The molecule has 0 aliphatic carbocycles. The number of carbonyl (C=O) groups is 1. The number of benzene rings is 1. The van der Waals surface area contributed by atoms with Crippen molar-refractivity contribution in [3.8, 4) is 5.75 Å². The van der Waals surface area contributed by atoms with Crippen LogP contribution in [0.2, 0.25) is 0 Å². The second kappa shape index (κ2) is 6.07. The molecule has 1 atom stereocenters. The van der Waals surface area contributed by atoms with Gasteiger partial charge >= 0.3 is 0 Å². The van der Waals surface area contributed by atoms with Crippen LogP contribution in [0.1, 0.15) is 23.2 Å². The van der Waals surface area contributed by atoms with Gasteiger partial charge in [0.25, 0.3) is 0 Å². The predicted octanol–water partition coefficient (Wildman–Crippen LogP) is 2.49. The number of rotatable bonds is 5. The van der Waals surface area contributed by atoms with Gasteiger partial charge in [-0.1, -0.05) is 0 Å². The van der Waals surface area contributed by atoms with Gasteiger partial charge in [0.05, 0.1) is 11.9 Å². The van der Waals surface area contributed by atoms with Crippen molar-refractivity contribution in [2.45, 2.75) is 18.9 Å². The van der Waals surface area contributed by atoms with Crippen LogP contribution in [-0.4, -0.2) is 35.1 Å². The van der Waals surface area contributed by atoms with Gasteiger partial charge < -0.3 is 9.84 Å². The number of phenolic OH excluding ortho intramolecular Hbond substituents is 1. The van der Waals surface area contributed by atoms with Crippen LogP contribution in [0.15, 0.2) is 24.3 Å². The van der Waals surface area contributed by atoms with Crippen LogP contribution in [0.4, 0.5) is 0 Å². The van der Waals surface area contributed by atoms with Gasteiger partial charge in [0.1, 0.15) is 5.75 Å². The van der Waals surface area contributed by atoms with Crippen molar-refractivity contribution in [1.82, 2.24) is 0 Å². The molecule has 0 spiro atoms. The number of ether oxygens (including phenoxy) is 1. The second-order valence-corrected chi connectivity index (χ2v) is 5.15. The summed E-state index contributed by atoms with van der Waals surface area (Å²) in [6, 6.07) is 6.39. The summed E-state index contributed by atoms with van der Waals surface area (Å²) >= 11 is 1.62. The monoisotopic (exact) mass is 252 g/mol. The lowest BCUT2D eigenvalue weighted by molar-refractivity contribution is 0.102. The van der Waals surface area contributed by atoms with Gasteiger partial charge in [0, 0.05) is 17.9 Å². The largest absolute Gasteiger partial charge is 0.508 e. The summed E-state index contributed by atoms with van der Waals surface area (Å²) in [5, 5.41) is 9.13. The number of carbonyl (C=O) groups excluding carboxylic acids is 1. The molecule has 3 nitrogen and oxygen atoms in total. The quantitative estimate of drug-likeness (QED) is 0.818. The van der Waals surface area contributed by atoms with E-state index in [4.69, 9.17) is 9.84 Å². The molecule has 0 aromatic heterocycles. The second-order valence-electron chi connectivity index (χ2n) is 4.12. The lowest BCUT2D eigenvalue weighted by Gasteiger charge is -2.08. The van der Waals surface area contributed by atoms with Crippen molar-refractivity contribution in [3.63, 3.8) is 0 Å². The SMILES string of the molecule is O=C(CSCC1CCCO1)c1ccc(O)cc1. The summed E-state index contributed by atoms with van der Waals surface area (Å²) in [7, 11) is 0. The molecule has 0 radical (unpaired) electrons. The van der Waals surface area contributed by atoms with Crippen molar-refractivity contribution in [2.75, 3.05) is 18.1 Å². The van der Waals surface area contributed by atoms with Crippen molar-refractivity contribution >= 4 is 17.5 Å². The van der Waals surface area contributed by atoms with Gasteiger partial charge in [-0.05, 0) is 37.1 Å². The Hall–Kier alpha value is -1.00. The molecule has 1 saturated heterocycles. The van der Waals surface area contributed by atoms with Crippen LogP contribution in [0.3, 0.4) is 0 Å². The molecule has 1 aliphatic rings. The molecule has 1 aromatic rings. The van der Waals surface area contributed by atoms with E-state index in [-0.39, 0.29) is 11.5 Å². The lowest BCUT2D eigenvalue weighted by Crippen LogP contribution is -2.11. The van der Waals surface area contributed by atoms with Crippen LogP contribution < -0.4 is 0 Å². The van der Waals surface area contributed by atoms with Crippen LogP contribution in [0.5, 0.6) is 5.75 Å². The molecule has 1 aliphatic heterocycles. The Morgan fingerprint density at radius 2 is 2.18 bits per heavy atom. The maximum absolute atomic E-state index is 11.8. The lowest BCUT2D eigenvalue weighted by atomic mass is 10.1. The third-order valence-corrected chi connectivity index (χ3v) is 3.82. The Morgan fingerprint density at radius 3 is 2.82 bits per heavy atom. The van der Waals surface area contributed by atoms with E-state index in [2.05, 4.69) is 0 Å². The minimum atomic E-state index is 0.105. The molecule has 1 N–H and O–H groups in total. The minimum absolute atomic E-state index is 0.105. The zero-order valence-corrected chi connectivity index (χ0v) is 10.4. The fourth-order valence-corrected chi connectivity index (χ4v) is 2.79. The highest BCUT2D eigenvalue weighted by atomic mass is 32.2. The molecule has 17 heavy (non-hydrogen) atoms. The van der Waals surface area contributed by atoms with Crippen LogP contribution in [0, 0.1) is 0 Å². The van der Waals surface area contributed by atoms with Crippen LogP contribution in [-0.2, 0) is 4.74 Å². The third-order valence-electron chi connectivity index (χ3n) is 2.75. The highest BCUT2D eigenvalue weighted by Crippen LogP contribution is 2.18. The standard InChI is InChI=1S/C13H16O3S/c14-11-5-3-10(4-6-11)13(15)9-17-8-12-2-1-7-16-12/h3-6,12,14H,1-2,7-9H2. The zero-order valence-electron chi connectivity index (χ0n) is 9.59. The Kier molecular flexibility index (Phi) is 4.45. The average molecular weight is 252 g/mol. The first-order valence-electron chi connectivity index (χ1n) is 5.77. The number of phenols is 1. The molecule has 2 rings (SSSR count). The number of Topliss-reactive ketones (excluding diaryl/α,β-unsaturated/α-hetero) is 1. The summed E-state index contributed by atoms with van der Waals surface area (Å²) in [4.78, 5) is 11.8. The van der Waals surface area contributed by atoms with Crippen LogP contribution >= 0.6 is 11.8 Å². The van der Waals surface area contributed by atoms with E-state index in [1.54, 1.807) is 23.9 Å². The van der Waals surface area contributed by atoms with Crippen molar-refractivity contribution < 1.29 is 14.6 Å². The fraction of sp³-hybridized carbons (Fsp3) is 0.462. The first-order chi connectivity index (χ1) is 8.25. The molecule has 1 heterocycles. The molecule has 1 unspecified atom stereocenters. The number of aromatic hydroxyl groups is 1.